The number of benzene rings is 2. The predicted octanol–water partition coefficient (Wildman–Crippen LogP) is 2.97. The van der Waals surface area contributed by atoms with Gasteiger partial charge in [0, 0.05) is 37.6 Å². The van der Waals surface area contributed by atoms with Crippen LogP contribution in [0, 0.1) is 5.82 Å². The smallest absolute Gasteiger partial charge is 0.241 e. The largest absolute Gasteiger partial charge is 0.369 e. The van der Waals surface area contributed by atoms with E-state index >= 15 is 0 Å². The molecule has 2 aromatic carbocycles. The fourth-order valence-corrected chi connectivity index (χ4v) is 2.95. The van der Waals surface area contributed by atoms with Crippen molar-refractivity contribution in [3.63, 3.8) is 0 Å². The van der Waals surface area contributed by atoms with E-state index in [2.05, 4.69) is 15.1 Å². The molecule has 0 aromatic heterocycles. The molecule has 0 radical (unpaired) electrons. The van der Waals surface area contributed by atoms with Crippen molar-refractivity contribution in [2.24, 2.45) is 0 Å². The number of nitrogens with zero attached hydrogens (tertiary/aromatic N) is 2. The van der Waals surface area contributed by atoms with E-state index < -0.39 is 0 Å². The molecule has 4 nitrogen and oxygen atoms in total. The van der Waals surface area contributed by atoms with Crippen LogP contribution in [0.25, 0.3) is 0 Å². The second-order valence-electron chi connectivity index (χ2n) is 6.03. The van der Waals surface area contributed by atoms with Crippen molar-refractivity contribution in [1.82, 2.24) is 4.90 Å². The molecule has 0 saturated carbocycles. The van der Waals surface area contributed by atoms with Crippen LogP contribution in [0.1, 0.15) is 6.92 Å². The van der Waals surface area contributed by atoms with E-state index in [0.29, 0.717) is 0 Å². The molecule has 1 amide bonds. The van der Waals surface area contributed by atoms with Gasteiger partial charge < -0.3 is 10.2 Å². The summed E-state index contributed by atoms with van der Waals surface area (Å²) in [5.41, 5.74) is 1.84. The molecule has 1 aliphatic heterocycles. The summed E-state index contributed by atoms with van der Waals surface area (Å²) in [4.78, 5) is 16.8. The van der Waals surface area contributed by atoms with E-state index in [4.69, 9.17) is 0 Å². The molecule has 1 saturated heterocycles. The SMILES string of the molecule is CC(C(=O)Nc1ccccc1)N1CCN(c2ccc(F)cc2)CC1. The maximum absolute atomic E-state index is 13.0. The molecule has 3 rings (SSSR count). The highest BCUT2D eigenvalue weighted by Crippen LogP contribution is 2.18. The van der Waals surface area contributed by atoms with Crippen LogP contribution < -0.4 is 10.2 Å². The first-order chi connectivity index (χ1) is 11.6. The lowest BCUT2D eigenvalue weighted by Gasteiger charge is -2.38. The molecule has 1 N–H and O–H groups in total. The van der Waals surface area contributed by atoms with Crippen LogP contribution in [-0.2, 0) is 4.79 Å². The first-order valence-corrected chi connectivity index (χ1v) is 8.24. The number of carbonyl (C=O) groups is 1. The molecule has 1 heterocycles. The number of nitrogens with one attached hydrogen (secondary N) is 1. The molecule has 24 heavy (non-hydrogen) atoms. The standard InChI is InChI=1S/C19H22FN3O/c1-15(19(24)21-17-5-3-2-4-6-17)22-11-13-23(14-12-22)18-9-7-16(20)8-10-18/h2-10,15H,11-14H2,1H3,(H,21,24). The summed E-state index contributed by atoms with van der Waals surface area (Å²) >= 11 is 0. The Morgan fingerprint density at radius 2 is 1.62 bits per heavy atom. The Kier molecular flexibility index (Phi) is 5.11. The van der Waals surface area contributed by atoms with Gasteiger partial charge in [-0.2, -0.15) is 0 Å². The van der Waals surface area contributed by atoms with Crippen molar-refractivity contribution in [3.8, 4) is 0 Å². The maximum Gasteiger partial charge on any atom is 0.241 e. The third kappa shape index (κ3) is 3.92. The second kappa shape index (κ2) is 7.45. The zero-order valence-electron chi connectivity index (χ0n) is 13.8. The molecule has 1 unspecified atom stereocenters. The van der Waals surface area contributed by atoms with Crippen LogP contribution in [0.3, 0.4) is 0 Å². The first-order valence-electron chi connectivity index (χ1n) is 8.24. The zero-order valence-corrected chi connectivity index (χ0v) is 13.8. The first kappa shape index (κ1) is 16.5. The van der Waals surface area contributed by atoms with E-state index in [1.807, 2.05) is 37.3 Å². The molecule has 1 fully saturated rings. The van der Waals surface area contributed by atoms with Crippen LogP contribution in [0.2, 0.25) is 0 Å². The van der Waals surface area contributed by atoms with Crippen molar-refractivity contribution in [1.29, 1.82) is 0 Å². The lowest BCUT2D eigenvalue weighted by Crippen LogP contribution is -2.52. The Balaban J connectivity index is 1.54. The van der Waals surface area contributed by atoms with Crippen molar-refractivity contribution in [3.05, 3.63) is 60.4 Å². The van der Waals surface area contributed by atoms with Gasteiger partial charge in [-0.15, -0.1) is 0 Å². The fraction of sp³-hybridized carbons (Fsp3) is 0.316. The lowest BCUT2D eigenvalue weighted by atomic mass is 10.2. The number of rotatable bonds is 4. The summed E-state index contributed by atoms with van der Waals surface area (Å²) in [7, 11) is 0. The summed E-state index contributed by atoms with van der Waals surface area (Å²) in [6, 6.07) is 15.9. The number of hydrogen-bond acceptors (Lipinski definition) is 3. The van der Waals surface area contributed by atoms with Gasteiger partial charge >= 0.3 is 0 Å². The molecular formula is C19H22FN3O. The van der Waals surface area contributed by atoms with Gasteiger partial charge in [-0.25, -0.2) is 4.39 Å². The van der Waals surface area contributed by atoms with E-state index in [-0.39, 0.29) is 17.8 Å². The lowest BCUT2D eigenvalue weighted by molar-refractivity contribution is -0.120. The van der Waals surface area contributed by atoms with Gasteiger partial charge in [-0.1, -0.05) is 18.2 Å². The van der Waals surface area contributed by atoms with Gasteiger partial charge in [0.2, 0.25) is 5.91 Å². The Labute approximate surface area is 141 Å². The summed E-state index contributed by atoms with van der Waals surface area (Å²) in [6.07, 6.45) is 0. The van der Waals surface area contributed by atoms with E-state index in [0.717, 1.165) is 37.6 Å². The van der Waals surface area contributed by atoms with Crippen LogP contribution in [0.4, 0.5) is 15.8 Å². The third-order valence-electron chi connectivity index (χ3n) is 4.47. The third-order valence-corrected chi connectivity index (χ3v) is 4.47. The highest BCUT2D eigenvalue weighted by atomic mass is 19.1. The number of carbonyl (C=O) groups excluding carboxylic acids is 1. The van der Waals surface area contributed by atoms with Crippen molar-refractivity contribution < 1.29 is 9.18 Å². The minimum absolute atomic E-state index is 0.0106. The molecule has 1 aliphatic rings. The van der Waals surface area contributed by atoms with Crippen LogP contribution in [0.15, 0.2) is 54.6 Å². The van der Waals surface area contributed by atoms with Crippen LogP contribution >= 0.6 is 0 Å². The maximum atomic E-state index is 13.0. The zero-order chi connectivity index (χ0) is 16.9. The molecule has 1 atom stereocenters. The van der Waals surface area contributed by atoms with Crippen LogP contribution in [0.5, 0.6) is 0 Å². The minimum Gasteiger partial charge on any atom is -0.369 e. The average Bonchev–Trinajstić information content (AvgIpc) is 2.63. The van der Waals surface area contributed by atoms with Crippen molar-refractivity contribution in [2.45, 2.75) is 13.0 Å². The van der Waals surface area contributed by atoms with Crippen molar-refractivity contribution in [2.75, 3.05) is 36.4 Å². The van der Waals surface area contributed by atoms with E-state index in [1.165, 1.54) is 12.1 Å². The number of piperazine rings is 1. The van der Waals surface area contributed by atoms with Gasteiger partial charge in [0.1, 0.15) is 5.82 Å². The highest BCUT2D eigenvalue weighted by molar-refractivity contribution is 5.94. The number of para-hydroxylation sites is 1. The summed E-state index contributed by atoms with van der Waals surface area (Å²) in [5.74, 6) is -0.208. The summed E-state index contributed by atoms with van der Waals surface area (Å²) in [6.45, 7) is 5.20. The highest BCUT2D eigenvalue weighted by Gasteiger charge is 2.25. The van der Waals surface area contributed by atoms with Crippen molar-refractivity contribution >= 4 is 17.3 Å². The molecule has 0 bridgehead atoms. The molecule has 2 aromatic rings. The Hall–Kier alpha value is -2.40. The topological polar surface area (TPSA) is 35.6 Å². The minimum atomic E-state index is -0.219. The normalized spacial score (nSPS) is 16.7. The number of amides is 1. The Morgan fingerprint density at radius 1 is 1.00 bits per heavy atom. The Morgan fingerprint density at radius 3 is 2.25 bits per heavy atom. The molecule has 0 spiro atoms. The quantitative estimate of drug-likeness (QED) is 0.938. The Bertz CT molecular complexity index is 667. The average molecular weight is 327 g/mol. The number of hydrogen-bond donors (Lipinski definition) is 1. The van der Waals surface area contributed by atoms with Gasteiger partial charge in [0.05, 0.1) is 6.04 Å². The number of halogens is 1. The van der Waals surface area contributed by atoms with Gasteiger partial charge in [-0.3, -0.25) is 9.69 Å². The van der Waals surface area contributed by atoms with E-state index in [1.54, 1.807) is 12.1 Å². The summed E-state index contributed by atoms with van der Waals surface area (Å²) < 4.78 is 13.0. The summed E-state index contributed by atoms with van der Waals surface area (Å²) in [5, 5.41) is 2.95. The molecule has 126 valence electrons. The van der Waals surface area contributed by atoms with E-state index in [9.17, 15) is 9.18 Å². The molecule has 5 heteroatoms. The molecule has 0 aliphatic carbocycles. The monoisotopic (exact) mass is 327 g/mol. The van der Waals surface area contributed by atoms with Gasteiger partial charge in [0.25, 0.3) is 0 Å². The fourth-order valence-electron chi connectivity index (χ4n) is 2.95. The second-order valence-corrected chi connectivity index (χ2v) is 6.03. The molecular weight excluding hydrogens is 305 g/mol. The predicted molar refractivity (Wildman–Crippen MR) is 94.7 cm³/mol. The van der Waals surface area contributed by atoms with Gasteiger partial charge in [0.15, 0.2) is 0 Å². The van der Waals surface area contributed by atoms with Crippen LogP contribution in [-0.4, -0.2) is 43.0 Å². The van der Waals surface area contributed by atoms with Gasteiger partial charge in [-0.05, 0) is 43.3 Å². The number of anilines is 2.